The molecule has 0 atom stereocenters. The van der Waals surface area contributed by atoms with Crippen molar-refractivity contribution in [2.24, 2.45) is 0 Å². The Balaban J connectivity index is 1.71. The normalized spacial score (nSPS) is 14.5. The first-order valence-corrected chi connectivity index (χ1v) is 7.93. The fourth-order valence-corrected chi connectivity index (χ4v) is 2.88. The monoisotopic (exact) mass is 311 g/mol. The molecule has 3 rings (SSSR count). The fraction of sp³-hybridized carbons (Fsp3) is 0.333. The zero-order valence-electron chi connectivity index (χ0n) is 13.2. The molecule has 1 heterocycles. The number of nitrogens with one attached hydrogen (secondary N) is 2. The zero-order chi connectivity index (χ0) is 16.1. The van der Waals surface area contributed by atoms with Gasteiger partial charge in [-0.1, -0.05) is 25.0 Å². The average molecular weight is 311 g/mol. The standard InChI is InChI=1S/C18H21N3O2/c1-23-17-9-5-4-8-15(17)21-18(22)16-12-14(10-11-19-16)20-13-6-2-3-7-13/h4-5,8-13H,2-3,6-7H2,1H3,(H,19,20)(H,21,22). The van der Waals surface area contributed by atoms with Gasteiger partial charge in [-0.25, -0.2) is 0 Å². The van der Waals surface area contributed by atoms with Crippen molar-refractivity contribution in [3.05, 3.63) is 48.3 Å². The van der Waals surface area contributed by atoms with Crippen molar-refractivity contribution in [1.82, 2.24) is 4.98 Å². The number of methoxy groups -OCH3 is 1. The van der Waals surface area contributed by atoms with E-state index in [0.29, 0.717) is 23.2 Å². The third-order valence-electron chi connectivity index (χ3n) is 4.07. The molecule has 1 amide bonds. The predicted octanol–water partition coefficient (Wildman–Crippen LogP) is 3.70. The van der Waals surface area contributed by atoms with E-state index in [-0.39, 0.29) is 5.91 Å². The maximum absolute atomic E-state index is 12.4. The molecule has 0 bridgehead atoms. The number of hydrogen-bond donors (Lipinski definition) is 2. The average Bonchev–Trinajstić information content (AvgIpc) is 3.08. The number of nitrogens with zero attached hydrogens (tertiary/aromatic N) is 1. The molecule has 23 heavy (non-hydrogen) atoms. The summed E-state index contributed by atoms with van der Waals surface area (Å²) in [6.07, 6.45) is 6.57. The van der Waals surface area contributed by atoms with E-state index in [0.717, 1.165) is 5.69 Å². The molecule has 1 aliphatic rings. The zero-order valence-corrected chi connectivity index (χ0v) is 13.2. The topological polar surface area (TPSA) is 63.2 Å². The van der Waals surface area contributed by atoms with Gasteiger partial charge in [0.1, 0.15) is 11.4 Å². The van der Waals surface area contributed by atoms with E-state index in [4.69, 9.17) is 4.74 Å². The van der Waals surface area contributed by atoms with Crippen LogP contribution in [-0.2, 0) is 0 Å². The van der Waals surface area contributed by atoms with Crippen LogP contribution < -0.4 is 15.4 Å². The van der Waals surface area contributed by atoms with Crippen molar-refractivity contribution in [2.45, 2.75) is 31.7 Å². The second-order valence-corrected chi connectivity index (χ2v) is 5.71. The number of benzene rings is 1. The first kappa shape index (κ1) is 15.3. The quantitative estimate of drug-likeness (QED) is 0.884. The van der Waals surface area contributed by atoms with E-state index in [2.05, 4.69) is 15.6 Å². The van der Waals surface area contributed by atoms with Crippen LogP contribution in [0.25, 0.3) is 0 Å². The Kier molecular flexibility index (Phi) is 4.76. The van der Waals surface area contributed by atoms with Crippen molar-refractivity contribution < 1.29 is 9.53 Å². The minimum atomic E-state index is -0.246. The smallest absolute Gasteiger partial charge is 0.274 e. The van der Waals surface area contributed by atoms with E-state index in [9.17, 15) is 4.79 Å². The summed E-state index contributed by atoms with van der Waals surface area (Å²) in [5.41, 5.74) is 1.96. The first-order chi connectivity index (χ1) is 11.3. The predicted molar refractivity (Wildman–Crippen MR) is 91.1 cm³/mol. The van der Waals surface area contributed by atoms with Gasteiger partial charge in [-0.05, 0) is 37.1 Å². The molecule has 5 nitrogen and oxygen atoms in total. The van der Waals surface area contributed by atoms with Gasteiger partial charge in [-0.15, -0.1) is 0 Å². The number of carbonyl (C=O) groups is 1. The Morgan fingerprint density at radius 1 is 1.22 bits per heavy atom. The van der Waals surface area contributed by atoms with Gasteiger partial charge in [0.15, 0.2) is 0 Å². The summed E-state index contributed by atoms with van der Waals surface area (Å²) in [5, 5.41) is 6.32. The van der Waals surface area contributed by atoms with Crippen LogP contribution in [0.15, 0.2) is 42.6 Å². The molecular weight excluding hydrogens is 290 g/mol. The number of aromatic nitrogens is 1. The molecule has 1 saturated carbocycles. The summed E-state index contributed by atoms with van der Waals surface area (Å²) in [5.74, 6) is 0.380. The highest BCUT2D eigenvalue weighted by Gasteiger charge is 2.16. The number of pyridine rings is 1. The SMILES string of the molecule is COc1ccccc1NC(=O)c1cc(NC2CCCC2)ccn1. The molecule has 1 fully saturated rings. The maximum Gasteiger partial charge on any atom is 0.274 e. The van der Waals surface area contributed by atoms with Crippen LogP contribution in [-0.4, -0.2) is 24.0 Å². The number of hydrogen-bond acceptors (Lipinski definition) is 4. The van der Waals surface area contributed by atoms with Gasteiger partial charge in [0.2, 0.25) is 0 Å². The van der Waals surface area contributed by atoms with E-state index in [1.165, 1.54) is 25.7 Å². The van der Waals surface area contributed by atoms with Gasteiger partial charge in [-0.2, -0.15) is 0 Å². The van der Waals surface area contributed by atoms with Crippen molar-refractivity contribution >= 4 is 17.3 Å². The summed E-state index contributed by atoms with van der Waals surface area (Å²) >= 11 is 0. The molecule has 5 heteroatoms. The molecule has 2 aromatic rings. The number of carbonyl (C=O) groups excluding carboxylic acids is 1. The Morgan fingerprint density at radius 3 is 2.78 bits per heavy atom. The van der Waals surface area contributed by atoms with Gasteiger partial charge < -0.3 is 15.4 Å². The Hall–Kier alpha value is -2.56. The molecule has 1 aliphatic carbocycles. The Bertz CT molecular complexity index is 681. The third-order valence-corrected chi connectivity index (χ3v) is 4.07. The van der Waals surface area contributed by atoms with Gasteiger partial charge in [0.25, 0.3) is 5.91 Å². The van der Waals surface area contributed by atoms with Gasteiger partial charge in [0.05, 0.1) is 12.8 Å². The molecule has 2 N–H and O–H groups in total. The lowest BCUT2D eigenvalue weighted by molar-refractivity contribution is 0.102. The van der Waals surface area contributed by atoms with Gasteiger partial charge in [-0.3, -0.25) is 9.78 Å². The van der Waals surface area contributed by atoms with Crippen molar-refractivity contribution in [2.75, 3.05) is 17.7 Å². The number of para-hydroxylation sites is 2. The number of ether oxygens (including phenoxy) is 1. The minimum absolute atomic E-state index is 0.246. The lowest BCUT2D eigenvalue weighted by Crippen LogP contribution is -2.17. The van der Waals surface area contributed by atoms with Crippen molar-refractivity contribution in [3.8, 4) is 5.75 Å². The van der Waals surface area contributed by atoms with E-state index in [1.807, 2.05) is 18.2 Å². The molecule has 0 saturated heterocycles. The first-order valence-electron chi connectivity index (χ1n) is 7.93. The highest BCUT2D eigenvalue weighted by molar-refractivity contribution is 6.04. The number of amides is 1. The minimum Gasteiger partial charge on any atom is -0.495 e. The lowest BCUT2D eigenvalue weighted by Gasteiger charge is -2.14. The second kappa shape index (κ2) is 7.13. The van der Waals surface area contributed by atoms with E-state index in [1.54, 1.807) is 31.5 Å². The molecular formula is C18H21N3O2. The molecule has 120 valence electrons. The van der Waals surface area contributed by atoms with Crippen LogP contribution in [0, 0.1) is 0 Å². The summed E-state index contributed by atoms with van der Waals surface area (Å²) < 4.78 is 5.25. The maximum atomic E-state index is 12.4. The number of anilines is 2. The van der Waals surface area contributed by atoms with Crippen molar-refractivity contribution in [1.29, 1.82) is 0 Å². The lowest BCUT2D eigenvalue weighted by atomic mass is 10.2. The van der Waals surface area contributed by atoms with E-state index >= 15 is 0 Å². The Labute approximate surface area is 136 Å². The molecule has 0 aliphatic heterocycles. The van der Waals surface area contributed by atoms with Gasteiger partial charge in [0, 0.05) is 17.9 Å². The van der Waals surface area contributed by atoms with Crippen molar-refractivity contribution in [3.63, 3.8) is 0 Å². The molecule has 1 aromatic carbocycles. The van der Waals surface area contributed by atoms with Crippen LogP contribution in [0.4, 0.5) is 11.4 Å². The van der Waals surface area contributed by atoms with Crippen LogP contribution in [0.3, 0.4) is 0 Å². The third kappa shape index (κ3) is 3.80. The molecule has 0 unspecified atom stereocenters. The fourth-order valence-electron chi connectivity index (χ4n) is 2.88. The highest BCUT2D eigenvalue weighted by Crippen LogP contribution is 2.25. The summed E-state index contributed by atoms with van der Waals surface area (Å²) in [6.45, 7) is 0. The largest absolute Gasteiger partial charge is 0.495 e. The summed E-state index contributed by atoms with van der Waals surface area (Å²) in [7, 11) is 1.58. The Morgan fingerprint density at radius 2 is 2.00 bits per heavy atom. The molecule has 0 spiro atoms. The summed E-state index contributed by atoms with van der Waals surface area (Å²) in [6, 6.07) is 11.5. The van der Waals surface area contributed by atoms with Crippen LogP contribution in [0.5, 0.6) is 5.75 Å². The van der Waals surface area contributed by atoms with E-state index < -0.39 is 0 Å². The number of rotatable bonds is 5. The molecule has 1 aromatic heterocycles. The summed E-state index contributed by atoms with van der Waals surface area (Å²) in [4.78, 5) is 16.6. The molecule has 0 radical (unpaired) electrons. The van der Waals surface area contributed by atoms with Gasteiger partial charge >= 0.3 is 0 Å². The van der Waals surface area contributed by atoms with Crippen LogP contribution in [0.2, 0.25) is 0 Å². The van der Waals surface area contributed by atoms with Crippen LogP contribution in [0.1, 0.15) is 36.2 Å². The van der Waals surface area contributed by atoms with Crippen LogP contribution >= 0.6 is 0 Å². The highest BCUT2D eigenvalue weighted by atomic mass is 16.5. The second-order valence-electron chi connectivity index (χ2n) is 5.71.